The second-order valence-electron chi connectivity index (χ2n) is 6.18. The van der Waals surface area contributed by atoms with Crippen LogP contribution in [-0.2, 0) is 4.79 Å². The highest BCUT2D eigenvalue weighted by molar-refractivity contribution is 5.95. The quantitative estimate of drug-likeness (QED) is 0.567. The minimum Gasteiger partial charge on any atom is -0.376 e. The molecule has 0 radical (unpaired) electrons. The number of nitrogens with zero attached hydrogens (tertiary/aromatic N) is 1. The van der Waals surface area contributed by atoms with Gasteiger partial charge in [0.05, 0.1) is 6.54 Å². The van der Waals surface area contributed by atoms with Crippen molar-refractivity contribution in [1.82, 2.24) is 10.2 Å². The van der Waals surface area contributed by atoms with E-state index in [0.29, 0.717) is 18.7 Å². The van der Waals surface area contributed by atoms with Crippen molar-refractivity contribution in [3.8, 4) is 0 Å². The summed E-state index contributed by atoms with van der Waals surface area (Å²) < 4.78 is 0. The molecule has 0 aliphatic heterocycles. The highest BCUT2D eigenvalue weighted by Crippen LogP contribution is 2.12. The summed E-state index contributed by atoms with van der Waals surface area (Å²) >= 11 is 0. The summed E-state index contributed by atoms with van der Waals surface area (Å²) in [5, 5.41) is 6.02. The third-order valence-corrected chi connectivity index (χ3v) is 4.22. The van der Waals surface area contributed by atoms with Gasteiger partial charge in [-0.2, -0.15) is 0 Å². The lowest BCUT2D eigenvalue weighted by Gasteiger charge is -2.19. The molecule has 1 aromatic rings. The van der Waals surface area contributed by atoms with Crippen LogP contribution in [0, 0.1) is 0 Å². The maximum atomic E-state index is 12.4. The molecular weight excluding hydrogens is 314 g/mol. The van der Waals surface area contributed by atoms with E-state index in [1.54, 1.807) is 11.0 Å². The molecule has 0 aliphatic rings. The predicted octanol–water partition coefficient (Wildman–Crippen LogP) is 3.67. The van der Waals surface area contributed by atoms with Gasteiger partial charge < -0.3 is 15.5 Å². The molecule has 1 rings (SSSR count). The van der Waals surface area contributed by atoms with E-state index in [2.05, 4.69) is 17.6 Å². The van der Waals surface area contributed by atoms with E-state index in [1.165, 1.54) is 19.3 Å². The van der Waals surface area contributed by atoms with Crippen LogP contribution < -0.4 is 10.6 Å². The van der Waals surface area contributed by atoms with E-state index in [0.717, 1.165) is 25.1 Å². The Morgan fingerprint density at radius 3 is 2.40 bits per heavy atom. The van der Waals surface area contributed by atoms with Crippen molar-refractivity contribution in [3.05, 3.63) is 29.8 Å². The van der Waals surface area contributed by atoms with Gasteiger partial charge in [-0.25, -0.2) is 0 Å². The average Bonchev–Trinajstić information content (AvgIpc) is 2.64. The highest BCUT2D eigenvalue weighted by atomic mass is 16.2. The van der Waals surface area contributed by atoms with Gasteiger partial charge in [0.25, 0.3) is 5.91 Å². The van der Waals surface area contributed by atoms with Gasteiger partial charge in [0.15, 0.2) is 0 Å². The molecule has 2 amide bonds. The Morgan fingerprint density at radius 1 is 1.00 bits per heavy atom. The molecule has 0 spiro atoms. The maximum Gasteiger partial charge on any atom is 0.253 e. The number of hydrogen-bond donors (Lipinski definition) is 2. The number of carbonyl (C=O) groups excluding carboxylic acids is 2. The number of nitrogens with one attached hydrogen (secondary N) is 2. The first-order valence-electron chi connectivity index (χ1n) is 9.52. The Labute approximate surface area is 152 Å². The lowest BCUT2D eigenvalue weighted by atomic mass is 10.1. The maximum absolute atomic E-state index is 12.4. The van der Waals surface area contributed by atoms with E-state index in [4.69, 9.17) is 0 Å². The van der Waals surface area contributed by atoms with Crippen LogP contribution in [0.1, 0.15) is 63.2 Å². The Hall–Kier alpha value is -2.04. The zero-order chi connectivity index (χ0) is 18.5. The van der Waals surface area contributed by atoms with E-state index in [1.807, 2.05) is 32.0 Å². The second-order valence-corrected chi connectivity index (χ2v) is 6.18. The van der Waals surface area contributed by atoms with Gasteiger partial charge >= 0.3 is 0 Å². The number of rotatable bonds is 12. The largest absolute Gasteiger partial charge is 0.376 e. The van der Waals surface area contributed by atoms with Gasteiger partial charge in [-0.05, 0) is 38.5 Å². The molecule has 0 saturated heterocycles. The zero-order valence-electron chi connectivity index (χ0n) is 15.9. The van der Waals surface area contributed by atoms with Crippen molar-refractivity contribution in [1.29, 1.82) is 0 Å². The predicted molar refractivity (Wildman–Crippen MR) is 104 cm³/mol. The molecule has 5 nitrogen and oxygen atoms in total. The topological polar surface area (TPSA) is 61.4 Å². The lowest BCUT2D eigenvalue weighted by Crippen LogP contribution is -2.31. The Balaban J connectivity index is 2.38. The van der Waals surface area contributed by atoms with Crippen molar-refractivity contribution in [2.75, 3.05) is 31.5 Å². The van der Waals surface area contributed by atoms with E-state index < -0.39 is 0 Å². The summed E-state index contributed by atoms with van der Waals surface area (Å²) in [7, 11) is 0. The summed E-state index contributed by atoms with van der Waals surface area (Å²) in [6.45, 7) is 8.45. The number of anilines is 1. The molecule has 5 heteroatoms. The van der Waals surface area contributed by atoms with Gasteiger partial charge in [-0.1, -0.05) is 38.7 Å². The van der Waals surface area contributed by atoms with Gasteiger partial charge in [0.1, 0.15) is 0 Å². The van der Waals surface area contributed by atoms with E-state index in [9.17, 15) is 9.59 Å². The second kappa shape index (κ2) is 12.3. The first-order valence-corrected chi connectivity index (χ1v) is 9.52. The third kappa shape index (κ3) is 8.05. The average molecular weight is 348 g/mol. The molecule has 0 bridgehead atoms. The summed E-state index contributed by atoms with van der Waals surface area (Å²) in [6.07, 6.45) is 5.92. The summed E-state index contributed by atoms with van der Waals surface area (Å²) in [6, 6.07) is 7.32. The molecular formula is C20H33N3O2. The molecule has 0 aliphatic carbocycles. The van der Waals surface area contributed by atoms with Crippen LogP contribution in [0.15, 0.2) is 24.3 Å². The SMILES string of the molecule is CCCCCCCNC(=O)CNc1cccc(C(=O)N(CC)CC)c1. The molecule has 0 unspecified atom stereocenters. The molecule has 0 heterocycles. The van der Waals surface area contributed by atoms with Crippen molar-refractivity contribution < 1.29 is 9.59 Å². The molecule has 140 valence electrons. The van der Waals surface area contributed by atoms with Gasteiger partial charge in [-0.3, -0.25) is 9.59 Å². The summed E-state index contributed by atoms with van der Waals surface area (Å²) in [5.74, 6) is 0.00106. The first-order chi connectivity index (χ1) is 12.1. The van der Waals surface area contributed by atoms with Gasteiger partial charge in [0, 0.05) is 30.9 Å². The highest BCUT2D eigenvalue weighted by Gasteiger charge is 2.12. The summed E-state index contributed by atoms with van der Waals surface area (Å²) in [5.41, 5.74) is 1.43. The van der Waals surface area contributed by atoms with Gasteiger partial charge in [-0.15, -0.1) is 0 Å². The lowest BCUT2D eigenvalue weighted by molar-refractivity contribution is -0.119. The smallest absolute Gasteiger partial charge is 0.253 e. The van der Waals surface area contributed by atoms with E-state index in [-0.39, 0.29) is 18.4 Å². The minimum absolute atomic E-state index is 0.0176. The fourth-order valence-corrected chi connectivity index (χ4v) is 2.66. The third-order valence-electron chi connectivity index (χ3n) is 4.22. The Morgan fingerprint density at radius 2 is 1.72 bits per heavy atom. The monoisotopic (exact) mass is 347 g/mol. The normalized spacial score (nSPS) is 10.4. The number of hydrogen-bond acceptors (Lipinski definition) is 3. The van der Waals surface area contributed by atoms with Crippen LogP contribution in [0.25, 0.3) is 0 Å². The summed E-state index contributed by atoms with van der Waals surface area (Å²) in [4.78, 5) is 26.0. The molecule has 0 fully saturated rings. The number of benzene rings is 1. The van der Waals surface area contributed by atoms with Crippen molar-refractivity contribution >= 4 is 17.5 Å². The van der Waals surface area contributed by atoms with Crippen LogP contribution in [0.2, 0.25) is 0 Å². The first kappa shape index (κ1) is 21.0. The van der Waals surface area contributed by atoms with Crippen molar-refractivity contribution in [2.24, 2.45) is 0 Å². The van der Waals surface area contributed by atoms with Crippen LogP contribution in [0.4, 0.5) is 5.69 Å². The minimum atomic E-state index is -0.0176. The van der Waals surface area contributed by atoms with Gasteiger partial charge in [0.2, 0.25) is 5.91 Å². The van der Waals surface area contributed by atoms with Crippen LogP contribution in [0.3, 0.4) is 0 Å². The molecule has 0 saturated carbocycles. The number of carbonyl (C=O) groups is 2. The van der Waals surface area contributed by atoms with E-state index >= 15 is 0 Å². The zero-order valence-corrected chi connectivity index (χ0v) is 15.9. The molecule has 25 heavy (non-hydrogen) atoms. The van der Waals surface area contributed by atoms with Crippen LogP contribution in [-0.4, -0.2) is 42.9 Å². The Bertz CT molecular complexity index is 527. The number of amides is 2. The number of unbranched alkanes of at least 4 members (excludes halogenated alkanes) is 4. The molecule has 1 aromatic carbocycles. The fraction of sp³-hybridized carbons (Fsp3) is 0.600. The van der Waals surface area contributed by atoms with Crippen molar-refractivity contribution in [2.45, 2.75) is 52.9 Å². The fourth-order valence-electron chi connectivity index (χ4n) is 2.66. The van der Waals surface area contributed by atoms with Crippen molar-refractivity contribution in [3.63, 3.8) is 0 Å². The Kier molecular flexibility index (Phi) is 10.4. The van der Waals surface area contributed by atoms with Crippen LogP contribution >= 0.6 is 0 Å². The molecule has 0 atom stereocenters. The molecule has 2 N–H and O–H groups in total. The van der Waals surface area contributed by atoms with Crippen LogP contribution in [0.5, 0.6) is 0 Å². The molecule has 0 aromatic heterocycles. The standard InChI is InChI=1S/C20H33N3O2/c1-4-7-8-9-10-14-21-19(24)16-22-18-13-11-12-17(15-18)20(25)23(5-2)6-3/h11-13,15,22H,4-10,14,16H2,1-3H3,(H,21,24).